The van der Waals surface area contributed by atoms with E-state index in [-0.39, 0.29) is 23.8 Å². The van der Waals surface area contributed by atoms with Crippen molar-refractivity contribution in [2.45, 2.75) is 64.1 Å². The van der Waals surface area contributed by atoms with Gasteiger partial charge in [-0.15, -0.1) is 0 Å². The highest BCUT2D eigenvalue weighted by Gasteiger charge is 2.40. The lowest BCUT2D eigenvalue weighted by atomic mass is 9.80. The van der Waals surface area contributed by atoms with Crippen molar-refractivity contribution in [2.24, 2.45) is 0 Å². The van der Waals surface area contributed by atoms with E-state index in [1.54, 1.807) is 0 Å². The summed E-state index contributed by atoms with van der Waals surface area (Å²) in [7, 11) is 0. The zero-order valence-electron chi connectivity index (χ0n) is 10.5. The molecule has 3 heteroatoms. The predicted octanol–water partition coefficient (Wildman–Crippen LogP) is 1.69. The number of rotatable bonds is 4. The van der Waals surface area contributed by atoms with E-state index in [0.29, 0.717) is 0 Å². The Kier molecular flexibility index (Phi) is 4.15. The molecule has 1 aliphatic rings. The van der Waals surface area contributed by atoms with Crippen LogP contribution in [0.1, 0.15) is 47.0 Å². The Labute approximate surface area is 93.2 Å². The Hall–Kier alpha value is -0.120. The Balaban J connectivity index is 2.60. The third kappa shape index (κ3) is 3.74. The van der Waals surface area contributed by atoms with Gasteiger partial charge in [0.1, 0.15) is 0 Å². The van der Waals surface area contributed by atoms with Crippen molar-refractivity contribution < 1.29 is 9.84 Å². The SMILES string of the molecule is CCCOC1CC(C)(C)NC(C)(CO)C1. The molecule has 1 fully saturated rings. The fourth-order valence-electron chi connectivity index (χ4n) is 2.57. The number of aliphatic hydroxyl groups is 1. The van der Waals surface area contributed by atoms with E-state index in [0.717, 1.165) is 25.9 Å². The number of piperidine rings is 1. The second-order valence-electron chi connectivity index (χ2n) is 5.63. The van der Waals surface area contributed by atoms with Crippen LogP contribution in [0.4, 0.5) is 0 Å². The summed E-state index contributed by atoms with van der Waals surface area (Å²) >= 11 is 0. The molecule has 2 atom stereocenters. The van der Waals surface area contributed by atoms with Crippen LogP contribution in [0.5, 0.6) is 0 Å². The third-order valence-electron chi connectivity index (χ3n) is 2.96. The Morgan fingerprint density at radius 2 is 2.00 bits per heavy atom. The van der Waals surface area contributed by atoms with Crippen LogP contribution in [0.3, 0.4) is 0 Å². The molecule has 1 rings (SSSR count). The molecule has 2 unspecified atom stereocenters. The third-order valence-corrected chi connectivity index (χ3v) is 2.96. The van der Waals surface area contributed by atoms with E-state index in [1.165, 1.54) is 0 Å². The molecule has 0 aromatic rings. The molecule has 0 amide bonds. The van der Waals surface area contributed by atoms with Crippen LogP contribution in [0, 0.1) is 0 Å². The summed E-state index contributed by atoms with van der Waals surface area (Å²) in [6.07, 6.45) is 3.24. The normalized spacial score (nSPS) is 35.4. The average Bonchev–Trinajstić information content (AvgIpc) is 2.12. The van der Waals surface area contributed by atoms with Crippen molar-refractivity contribution in [3.8, 4) is 0 Å². The molecule has 90 valence electrons. The Morgan fingerprint density at radius 1 is 1.33 bits per heavy atom. The molecule has 0 aromatic heterocycles. The van der Waals surface area contributed by atoms with E-state index < -0.39 is 0 Å². The maximum atomic E-state index is 9.41. The molecule has 1 saturated heterocycles. The highest BCUT2D eigenvalue weighted by Crippen LogP contribution is 2.30. The van der Waals surface area contributed by atoms with Crippen LogP contribution in [0.25, 0.3) is 0 Å². The lowest BCUT2D eigenvalue weighted by molar-refractivity contribution is -0.0380. The number of hydrogen-bond donors (Lipinski definition) is 2. The summed E-state index contributed by atoms with van der Waals surface area (Å²) in [6, 6.07) is 0. The molecule has 0 bridgehead atoms. The molecule has 1 aliphatic heterocycles. The molecular formula is C12H25NO2. The Morgan fingerprint density at radius 3 is 2.53 bits per heavy atom. The number of ether oxygens (including phenoxy) is 1. The monoisotopic (exact) mass is 215 g/mol. The summed E-state index contributed by atoms with van der Waals surface area (Å²) in [5.41, 5.74) is -0.145. The minimum atomic E-state index is -0.194. The summed E-state index contributed by atoms with van der Waals surface area (Å²) < 4.78 is 5.81. The van der Waals surface area contributed by atoms with E-state index in [4.69, 9.17) is 4.74 Å². The number of nitrogens with one attached hydrogen (secondary N) is 1. The standard InChI is InChI=1S/C12H25NO2/c1-5-6-15-10-7-11(2,3)13-12(4,8-10)9-14/h10,13-14H,5-9H2,1-4H3. The number of hydrogen-bond acceptors (Lipinski definition) is 3. The molecule has 15 heavy (non-hydrogen) atoms. The van der Waals surface area contributed by atoms with Crippen molar-refractivity contribution in [1.82, 2.24) is 5.32 Å². The van der Waals surface area contributed by atoms with Gasteiger partial charge in [0.2, 0.25) is 0 Å². The first-order valence-corrected chi connectivity index (χ1v) is 5.92. The fourth-order valence-corrected chi connectivity index (χ4v) is 2.57. The largest absolute Gasteiger partial charge is 0.394 e. The van der Waals surface area contributed by atoms with Gasteiger partial charge >= 0.3 is 0 Å². The zero-order valence-corrected chi connectivity index (χ0v) is 10.5. The summed E-state index contributed by atoms with van der Waals surface area (Å²) in [4.78, 5) is 0. The van der Waals surface area contributed by atoms with E-state index in [2.05, 4.69) is 33.0 Å². The molecule has 0 aromatic carbocycles. The van der Waals surface area contributed by atoms with Gasteiger partial charge in [-0.2, -0.15) is 0 Å². The first-order valence-electron chi connectivity index (χ1n) is 5.92. The van der Waals surface area contributed by atoms with Crippen molar-refractivity contribution in [3.05, 3.63) is 0 Å². The first kappa shape index (κ1) is 12.9. The van der Waals surface area contributed by atoms with Gasteiger partial charge in [0.05, 0.1) is 12.7 Å². The van der Waals surface area contributed by atoms with Crippen molar-refractivity contribution in [2.75, 3.05) is 13.2 Å². The van der Waals surface area contributed by atoms with Gasteiger partial charge in [0.15, 0.2) is 0 Å². The summed E-state index contributed by atoms with van der Waals surface area (Å²) in [6.45, 7) is 9.52. The first-order chi connectivity index (χ1) is 6.91. The van der Waals surface area contributed by atoms with Crippen LogP contribution < -0.4 is 5.32 Å². The van der Waals surface area contributed by atoms with Crippen LogP contribution in [0.15, 0.2) is 0 Å². The van der Waals surface area contributed by atoms with E-state index in [1.807, 2.05) is 0 Å². The van der Waals surface area contributed by atoms with Crippen molar-refractivity contribution in [3.63, 3.8) is 0 Å². The van der Waals surface area contributed by atoms with Gasteiger partial charge in [-0.05, 0) is 40.0 Å². The zero-order chi connectivity index (χ0) is 11.5. The van der Waals surface area contributed by atoms with Crippen LogP contribution in [-0.2, 0) is 4.74 Å². The molecule has 0 aliphatic carbocycles. The van der Waals surface area contributed by atoms with Gasteiger partial charge in [-0.1, -0.05) is 6.92 Å². The molecule has 0 saturated carbocycles. The van der Waals surface area contributed by atoms with Gasteiger partial charge in [0.25, 0.3) is 0 Å². The molecule has 1 heterocycles. The minimum absolute atomic E-state index is 0.0497. The highest BCUT2D eigenvalue weighted by atomic mass is 16.5. The van der Waals surface area contributed by atoms with Gasteiger partial charge in [-0.25, -0.2) is 0 Å². The quantitative estimate of drug-likeness (QED) is 0.750. The van der Waals surface area contributed by atoms with E-state index >= 15 is 0 Å². The van der Waals surface area contributed by atoms with Gasteiger partial charge in [0, 0.05) is 17.7 Å². The molecular weight excluding hydrogens is 190 g/mol. The second kappa shape index (κ2) is 4.81. The Bertz CT molecular complexity index is 206. The lowest BCUT2D eigenvalue weighted by Crippen LogP contribution is -2.62. The fraction of sp³-hybridized carbons (Fsp3) is 1.00. The summed E-state index contributed by atoms with van der Waals surface area (Å²) in [5, 5.41) is 12.9. The van der Waals surface area contributed by atoms with E-state index in [9.17, 15) is 5.11 Å². The summed E-state index contributed by atoms with van der Waals surface area (Å²) in [5.74, 6) is 0. The topological polar surface area (TPSA) is 41.5 Å². The molecule has 0 spiro atoms. The maximum Gasteiger partial charge on any atom is 0.0611 e. The van der Waals surface area contributed by atoms with Crippen LogP contribution in [-0.4, -0.2) is 35.5 Å². The lowest BCUT2D eigenvalue weighted by Gasteiger charge is -2.47. The smallest absolute Gasteiger partial charge is 0.0611 e. The van der Waals surface area contributed by atoms with Gasteiger partial charge in [-0.3, -0.25) is 0 Å². The predicted molar refractivity (Wildman–Crippen MR) is 62.0 cm³/mol. The molecule has 2 N–H and O–H groups in total. The van der Waals surface area contributed by atoms with Crippen molar-refractivity contribution >= 4 is 0 Å². The van der Waals surface area contributed by atoms with Crippen molar-refractivity contribution in [1.29, 1.82) is 0 Å². The second-order valence-corrected chi connectivity index (χ2v) is 5.63. The molecule has 3 nitrogen and oxygen atoms in total. The highest BCUT2D eigenvalue weighted by molar-refractivity contribution is 4.99. The van der Waals surface area contributed by atoms with Crippen LogP contribution in [0.2, 0.25) is 0 Å². The number of aliphatic hydroxyl groups excluding tert-OH is 1. The maximum absolute atomic E-state index is 9.41. The average molecular weight is 215 g/mol. The molecule has 0 radical (unpaired) electrons. The minimum Gasteiger partial charge on any atom is -0.394 e. The van der Waals surface area contributed by atoms with Crippen LogP contribution >= 0.6 is 0 Å². The van der Waals surface area contributed by atoms with Gasteiger partial charge < -0.3 is 15.2 Å².